The van der Waals surface area contributed by atoms with E-state index in [-0.39, 0.29) is 42.0 Å². The SMILES string of the molecule is Cc1cc(C(=O)Nc2ccc3c(c2)C(=O)N(C)[C@@H]2CC[C@H](CC(=O)NCC(F)(F)F)O[C@@H]2CO3)no1. The Morgan fingerprint density at radius 1 is 1.22 bits per heavy atom. The van der Waals surface area contributed by atoms with Gasteiger partial charge in [-0.2, -0.15) is 13.2 Å². The summed E-state index contributed by atoms with van der Waals surface area (Å²) < 4.78 is 53.7. The van der Waals surface area contributed by atoms with Crippen molar-refractivity contribution in [1.82, 2.24) is 15.4 Å². The molecule has 1 aromatic carbocycles. The lowest BCUT2D eigenvalue weighted by atomic mass is 9.94. The number of fused-ring (bicyclic) bond motifs is 2. The number of nitrogens with zero attached hydrogens (tertiary/aromatic N) is 2. The van der Waals surface area contributed by atoms with Gasteiger partial charge in [-0.05, 0) is 38.0 Å². The molecule has 13 heteroatoms. The van der Waals surface area contributed by atoms with Crippen molar-refractivity contribution in [3.05, 3.63) is 41.3 Å². The lowest BCUT2D eigenvalue weighted by Gasteiger charge is -2.42. The van der Waals surface area contributed by atoms with E-state index in [1.807, 2.05) is 5.32 Å². The minimum Gasteiger partial charge on any atom is -0.490 e. The fourth-order valence-electron chi connectivity index (χ4n) is 4.25. The Morgan fingerprint density at radius 3 is 2.69 bits per heavy atom. The van der Waals surface area contributed by atoms with Crippen LogP contribution in [0.4, 0.5) is 18.9 Å². The number of likely N-dealkylation sites (N-methyl/N-ethyl adjacent to an activating group) is 1. The van der Waals surface area contributed by atoms with E-state index in [1.54, 1.807) is 26.1 Å². The number of aryl methyl sites for hydroxylation is 1. The Kier molecular flexibility index (Phi) is 7.20. The van der Waals surface area contributed by atoms with Gasteiger partial charge in [-0.25, -0.2) is 0 Å². The van der Waals surface area contributed by atoms with Gasteiger partial charge < -0.3 is 29.5 Å². The molecule has 1 fully saturated rings. The molecule has 3 atom stereocenters. The topological polar surface area (TPSA) is 123 Å². The third kappa shape index (κ3) is 5.96. The average Bonchev–Trinajstić information content (AvgIpc) is 3.26. The molecular formula is C23H25F3N4O6. The van der Waals surface area contributed by atoms with Crippen molar-refractivity contribution in [3.8, 4) is 5.75 Å². The number of hydrogen-bond acceptors (Lipinski definition) is 7. The molecule has 1 saturated heterocycles. The van der Waals surface area contributed by atoms with Crippen molar-refractivity contribution < 1.29 is 41.6 Å². The normalized spacial score (nSPS) is 22.0. The zero-order valence-corrected chi connectivity index (χ0v) is 19.6. The van der Waals surface area contributed by atoms with Crippen LogP contribution in [0.25, 0.3) is 0 Å². The molecular weight excluding hydrogens is 485 g/mol. The van der Waals surface area contributed by atoms with Gasteiger partial charge in [0.1, 0.15) is 30.8 Å². The number of amides is 3. The Bertz CT molecular complexity index is 1150. The number of aromatic nitrogens is 1. The van der Waals surface area contributed by atoms with E-state index in [0.29, 0.717) is 24.3 Å². The zero-order valence-electron chi connectivity index (χ0n) is 19.6. The molecule has 0 bridgehead atoms. The smallest absolute Gasteiger partial charge is 0.405 e. The number of ether oxygens (including phenoxy) is 2. The monoisotopic (exact) mass is 510 g/mol. The number of carbonyl (C=O) groups is 3. The molecule has 10 nitrogen and oxygen atoms in total. The average molecular weight is 510 g/mol. The van der Waals surface area contributed by atoms with Crippen LogP contribution in [-0.4, -0.2) is 72.4 Å². The highest BCUT2D eigenvalue weighted by atomic mass is 19.4. The molecule has 0 unspecified atom stereocenters. The summed E-state index contributed by atoms with van der Waals surface area (Å²) in [4.78, 5) is 39.1. The maximum absolute atomic E-state index is 13.3. The first-order chi connectivity index (χ1) is 17.0. The summed E-state index contributed by atoms with van der Waals surface area (Å²) in [6.45, 7) is 0.330. The molecule has 2 aromatic rings. The van der Waals surface area contributed by atoms with Crippen LogP contribution in [0, 0.1) is 6.92 Å². The van der Waals surface area contributed by atoms with Crippen LogP contribution in [0.15, 0.2) is 28.8 Å². The fourth-order valence-corrected chi connectivity index (χ4v) is 4.25. The quantitative estimate of drug-likeness (QED) is 0.634. The highest BCUT2D eigenvalue weighted by Crippen LogP contribution is 2.32. The fraction of sp³-hybridized carbons (Fsp3) is 0.478. The van der Waals surface area contributed by atoms with E-state index in [0.717, 1.165) is 0 Å². The highest BCUT2D eigenvalue weighted by molar-refractivity contribution is 6.04. The molecule has 3 heterocycles. The van der Waals surface area contributed by atoms with Crippen LogP contribution in [0.5, 0.6) is 5.75 Å². The van der Waals surface area contributed by atoms with E-state index >= 15 is 0 Å². The first-order valence-corrected chi connectivity index (χ1v) is 11.3. The number of halogens is 3. The molecule has 1 aromatic heterocycles. The van der Waals surface area contributed by atoms with Gasteiger partial charge in [0.2, 0.25) is 5.91 Å². The van der Waals surface area contributed by atoms with Crippen molar-refractivity contribution in [1.29, 1.82) is 0 Å². The molecule has 4 rings (SSSR count). The minimum atomic E-state index is -4.49. The molecule has 0 spiro atoms. The molecule has 36 heavy (non-hydrogen) atoms. The van der Waals surface area contributed by atoms with Crippen molar-refractivity contribution in [2.75, 3.05) is 25.5 Å². The van der Waals surface area contributed by atoms with Gasteiger partial charge in [-0.15, -0.1) is 0 Å². The number of nitrogens with one attached hydrogen (secondary N) is 2. The predicted octanol–water partition coefficient (Wildman–Crippen LogP) is 2.68. The molecule has 0 aliphatic carbocycles. The van der Waals surface area contributed by atoms with Gasteiger partial charge in [-0.3, -0.25) is 14.4 Å². The van der Waals surface area contributed by atoms with E-state index in [1.165, 1.54) is 17.0 Å². The van der Waals surface area contributed by atoms with E-state index < -0.39 is 36.7 Å². The molecule has 2 aliphatic heterocycles. The highest BCUT2D eigenvalue weighted by Gasteiger charge is 2.39. The van der Waals surface area contributed by atoms with E-state index in [2.05, 4.69) is 10.5 Å². The standard InChI is InChI=1S/C23H25F3N4O6/c1-12-7-16(29-36-12)21(32)28-13-3-6-18-15(8-13)22(33)30(2)17-5-4-14(35-19(17)10-34-18)9-20(31)27-11-23(24,25)26/h3,6-8,14,17,19H,4-5,9-11H2,1-2H3,(H,27,31)(H,28,32)/t14-,17-,19-/m1/s1. The molecule has 3 amide bonds. The second kappa shape index (κ2) is 10.2. The summed E-state index contributed by atoms with van der Waals surface area (Å²) in [6, 6.07) is 5.76. The Hall–Kier alpha value is -3.61. The van der Waals surface area contributed by atoms with Crippen molar-refractivity contribution in [2.24, 2.45) is 0 Å². The first kappa shape index (κ1) is 25.5. The Morgan fingerprint density at radius 2 is 2.00 bits per heavy atom. The summed E-state index contributed by atoms with van der Waals surface area (Å²) in [5.74, 6) is -0.831. The van der Waals surface area contributed by atoms with E-state index in [9.17, 15) is 27.6 Å². The summed E-state index contributed by atoms with van der Waals surface area (Å²) in [6.07, 6.45) is -5.01. The van der Waals surface area contributed by atoms with E-state index in [4.69, 9.17) is 14.0 Å². The van der Waals surface area contributed by atoms with Gasteiger partial charge >= 0.3 is 6.18 Å². The first-order valence-electron chi connectivity index (χ1n) is 11.3. The van der Waals surface area contributed by atoms with Crippen LogP contribution in [0.2, 0.25) is 0 Å². The predicted molar refractivity (Wildman–Crippen MR) is 119 cm³/mol. The Labute approximate surface area is 204 Å². The summed E-state index contributed by atoms with van der Waals surface area (Å²) in [7, 11) is 1.62. The van der Waals surface area contributed by atoms with Crippen LogP contribution in [0.3, 0.4) is 0 Å². The van der Waals surface area contributed by atoms with Gasteiger partial charge in [0.15, 0.2) is 5.69 Å². The molecule has 0 radical (unpaired) electrons. The number of rotatable bonds is 5. The molecule has 2 aliphatic rings. The van der Waals surface area contributed by atoms with Gasteiger partial charge in [-0.1, -0.05) is 5.16 Å². The maximum atomic E-state index is 13.3. The van der Waals surface area contributed by atoms with Gasteiger partial charge in [0, 0.05) is 18.8 Å². The number of carbonyl (C=O) groups excluding carboxylic acids is 3. The zero-order chi connectivity index (χ0) is 26.0. The lowest BCUT2D eigenvalue weighted by molar-refractivity contribution is -0.144. The third-order valence-electron chi connectivity index (χ3n) is 6.03. The number of alkyl halides is 3. The Balaban J connectivity index is 1.43. The number of hydrogen-bond donors (Lipinski definition) is 2. The van der Waals surface area contributed by atoms with Gasteiger partial charge in [0.05, 0.1) is 24.1 Å². The number of benzene rings is 1. The maximum Gasteiger partial charge on any atom is 0.405 e. The third-order valence-corrected chi connectivity index (χ3v) is 6.03. The van der Waals surface area contributed by atoms with Crippen LogP contribution < -0.4 is 15.4 Å². The van der Waals surface area contributed by atoms with Crippen LogP contribution >= 0.6 is 0 Å². The summed E-state index contributed by atoms with van der Waals surface area (Å²) in [5, 5.41) is 8.18. The van der Waals surface area contributed by atoms with Crippen molar-refractivity contribution in [2.45, 2.75) is 50.6 Å². The summed E-state index contributed by atoms with van der Waals surface area (Å²) in [5.41, 5.74) is 0.716. The second-order valence-corrected chi connectivity index (χ2v) is 8.75. The molecule has 2 N–H and O–H groups in total. The van der Waals surface area contributed by atoms with Crippen molar-refractivity contribution >= 4 is 23.4 Å². The summed E-state index contributed by atoms with van der Waals surface area (Å²) >= 11 is 0. The van der Waals surface area contributed by atoms with Crippen molar-refractivity contribution in [3.63, 3.8) is 0 Å². The minimum absolute atomic E-state index is 0.0693. The van der Waals surface area contributed by atoms with Crippen LogP contribution in [0.1, 0.15) is 45.9 Å². The number of anilines is 1. The molecule has 194 valence electrons. The van der Waals surface area contributed by atoms with Gasteiger partial charge in [0.25, 0.3) is 11.8 Å². The van der Waals surface area contributed by atoms with Crippen LogP contribution in [-0.2, 0) is 9.53 Å². The molecule has 0 saturated carbocycles. The lowest BCUT2D eigenvalue weighted by Crippen LogP contribution is -2.54. The second-order valence-electron chi connectivity index (χ2n) is 8.75. The largest absolute Gasteiger partial charge is 0.490 e.